The first-order valence-electron chi connectivity index (χ1n) is 19.7. The van der Waals surface area contributed by atoms with Crippen LogP contribution in [-0.2, 0) is 29.8 Å². The highest BCUT2D eigenvalue weighted by Gasteiger charge is 2.48. The number of para-hydroxylation sites is 1. The third-order valence-corrected chi connectivity index (χ3v) is 14.3. The monoisotopic (exact) mass is 817 g/mol. The normalized spacial score (nSPS) is 22.8. The number of thiophene rings is 1. The number of esters is 1. The van der Waals surface area contributed by atoms with Crippen molar-refractivity contribution in [3.63, 3.8) is 0 Å². The van der Waals surface area contributed by atoms with Crippen molar-refractivity contribution >= 4 is 52.6 Å². The van der Waals surface area contributed by atoms with Gasteiger partial charge in [-0.25, -0.2) is 9.48 Å². The molecule has 2 aromatic carbocycles. The molecule has 3 aliphatic rings. The van der Waals surface area contributed by atoms with Gasteiger partial charge in [-0.15, -0.1) is 11.3 Å². The van der Waals surface area contributed by atoms with Crippen LogP contribution in [0.25, 0.3) is 10.1 Å². The van der Waals surface area contributed by atoms with Crippen LogP contribution in [0.3, 0.4) is 0 Å². The molecule has 3 fully saturated rings. The Bertz CT molecular complexity index is 2160. The maximum Gasteiger partial charge on any atom is 0.323 e. The molecule has 302 valence electrons. The first kappa shape index (κ1) is 40.5. The van der Waals surface area contributed by atoms with Gasteiger partial charge in [0.2, 0.25) is 11.8 Å². The van der Waals surface area contributed by atoms with E-state index in [1.165, 1.54) is 29.8 Å². The molecule has 1 unspecified atom stereocenters. The fraction of sp³-hybridized carbons (Fsp3) is 0.452. The predicted octanol–water partition coefficient (Wildman–Crippen LogP) is 7.04. The number of carbonyl (C=O) groups is 4. The highest BCUT2D eigenvalue weighted by Crippen LogP contribution is 2.47. The minimum absolute atomic E-state index is 0.0370. The number of hydrogen-bond donors (Lipinski definition) is 2. The van der Waals surface area contributed by atoms with Crippen LogP contribution < -0.4 is 14.9 Å². The van der Waals surface area contributed by atoms with E-state index in [1.807, 2.05) is 31.2 Å². The van der Waals surface area contributed by atoms with E-state index in [2.05, 4.69) is 22.3 Å². The van der Waals surface area contributed by atoms with Gasteiger partial charge >= 0.3 is 13.5 Å². The predicted molar refractivity (Wildman–Crippen MR) is 215 cm³/mol. The van der Waals surface area contributed by atoms with Gasteiger partial charge in [0.05, 0.1) is 17.6 Å². The highest BCUT2D eigenvalue weighted by atomic mass is 32.1. The number of fused-ring (bicyclic) bond motifs is 2. The molecule has 2 aromatic heterocycles. The molecule has 2 N–H and O–H groups in total. The second-order valence-corrected chi connectivity index (χ2v) is 18.7. The number of amides is 3. The van der Waals surface area contributed by atoms with Crippen molar-refractivity contribution in [3.05, 3.63) is 94.9 Å². The number of carbonyl (C=O) groups excluding carboxylic acids is 4. The molecule has 12 nitrogen and oxygen atoms in total. The van der Waals surface area contributed by atoms with Crippen molar-refractivity contribution in [2.75, 3.05) is 19.7 Å². The smallest absolute Gasteiger partial charge is 0.323 e. The van der Waals surface area contributed by atoms with Gasteiger partial charge in [-0.05, 0) is 98.7 Å². The molecule has 0 aliphatic carbocycles. The number of nitrogens with zero attached hydrogens (tertiary/aromatic N) is 3. The van der Waals surface area contributed by atoms with Gasteiger partial charge < -0.3 is 24.4 Å². The summed E-state index contributed by atoms with van der Waals surface area (Å²) in [6, 6.07) is 14.9. The summed E-state index contributed by atoms with van der Waals surface area (Å²) in [7, 11) is -3.70. The average Bonchev–Trinajstić information content (AvgIpc) is 3.79. The number of nitrogens with one attached hydrogen (secondary N) is 2. The van der Waals surface area contributed by atoms with E-state index in [0.717, 1.165) is 22.9 Å². The summed E-state index contributed by atoms with van der Waals surface area (Å²) in [6.45, 7) is 6.62. The Labute approximate surface area is 336 Å². The van der Waals surface area contributed by atoms with Crippen molar-refractivity contribution < 1.29 is 37.4 Å². The summed E-state index contributed by atoms with van der Waals surface area (Å²) in [5.41, 5.74) is 1.17. The molecule has 5 heterocycles. The van der Waals surface area contributed by atoms with Crippen LogP contribution in [0, 0.1) is 11.7 Å². The summed E-state index contributed by atoms with van der Waals surface area (Å²) in [5, 5.41) is 6.67. The van der Waals surface area contributed by atoms with Crippen molar-refractivity contribution in [1.29, 1.82) is 0 Å². The molecular weight excluding hydrogens is 769 g/mol. The molecule has 57 heavy (non-hydrogen) atoms. The van der Waals surface area contributed by atoms with Crippen LogP contribution in [0.2, 0.25) is 0 Å². The van der Waals surface area contributed by atoms with Gasteiger partial charge in [-0.2, -0.15) is 0 Å². The second kappa shape index (κ2) is 17.5. The maximum atomic E-state index is 14.4. The second-order valence-electron chi connectivity index (χ2n) is 15.5. The molecule has 7 rings (SSSR count). The molecule has 3 aliphatic heterocycles. The summed E-state index contributed by atoms with van der Waals surface area (Å²) < 4.78 is 40.8. The van der Waals surface area contributed by atoms with Gasteiger partial charge in [0.15, 0.2) is 0 Å². The van der Waals surface area contributed by atoms with Gasteiger partial charge in [-0.3, -0.25) is 28.7 Å². The third-order valence-electron chi connectivity index (χ3n) is 11.1. The molecule has 0 bridgehead atoms. The fourth-order valence-corrected chi connectivity index (χ4v) is 11.1. The highest BCUT2D eigenvalue weighted by molar-refractivity contribution is 7.56. The third kappa shape index (κ3) is 9.24. The molecule has 0 spiro atoms. The lowest BCUT2D eigenvalue weighted by molar-refractivity contribution is -0.150. The zero-order valence-corrected chi connectivity index (χ0v) is 34.1. The van der Waals surface area contributed by atoms with Crippen LogP contribution in [0.1, 0.15) is 86.0 Å². The summed E-state index contributed by atoms with van der Waals surface area (Å²) in [5.74, 6) is -1.08. The minimum Gasteiger partial charge on any atom is -0.465 e. The molecule has 3 saturated heterocycles. The molecule has 0 radical (unpaired) electrons. The Balaban J connectivity index is 1.04. The van der Waals surface area contributed by atoms with Crippen molar-refractivity contribution in [2.24, 2.45) is 5.92 Å². The van der Waals surface area contributed by atoms with E-state index in [0.29, 0.717) is 66.4 Å². The topological polar surface area (TPSA) is 147 Å². The number of hydrogen-bond acceptors (Lipinski definition) is 9. The molecule has 15 heteroatoms. The number of aromatic nitrogens is 1. The fourth-order valence-electron chi connectivity index (χ4n) is 8.12. The van der Waals surface area contributed by atoms with Crippen LogP contribution in [0.5, 0.6) is 5.75 Å². The van der Waals surface area contributed by atoms with Crippen molar-refractivity contribution in [3.8, 4) is 5.75 Å². The lowest BCUT2D eigenvalue weighted by Gasteiger charge is -2.43. The average molecular weight is 818 g/mol. The minimum atomic E-state index is -3.70. The van der Waals surface area contributed by atoms with E-state index >= 15 is 0 Å². The molecule has 4 aromatic rings. The Morgan fingerprint density at radius 2 is 1.84 bits per heavy atom. The maximum absolute atomic E-state index is 14.4. The van der Waals surface area contributed by atoms with E-state index in [1.54, 1.807) is 47.1 Å². The molecule has 6 atom stereocenters. The Morgan fingerprint density at radius 1 is 1.05 bits per heavy atom. The lowest BCUT2D eigenvalue weighted by atomic mass is 9.90. The standard InChI is InChI=1S/C42H49FN5O7PS/c1-4-18-54-42(52)27(3)46-56(53,55-32-8-6-5-7-9-32)25-28-11-15-37-29(20-28)21-38(57-37)39(49)45-35-13-10-26(2)19-31-12-14-36(48(31)40(35)50)41(51)47-23-30(24-47)33-22-44-17-16-34(33)43/h5-9,11,15-17,20-22,26-27,30-31,35-36H,4,10,12-14,18-19,23-25H2,1-3H3,(H,45,49)(H,46,53)/t26-,27-,31+,35-,36-,56?/m0/s1. The number of likely N-dealkylation sites (tertiary alicyclic amines) is 1. The number of halogens is 1. The Kier molecular flexibility index (Phi) is 12.4. The Morgan fingerprint density at radius 3 is 2.60 bits per heavy atom. The quantitative estimate of drug-likeness (QED) is 0.107. The first-order valence-corrected chi connectivity index (χ1v) is 22.4. The molecule has 3 amide bonds. The van der Waals surface area contributed by atoms with Crippen LogP contribution in [0.15, 0.2) is 73.1 Å². The van der Waals surface area contributed by atoms with Gasteiger partial charge in [0, 0.05) is 47.7 Å². The molecular formula is C42H49FN5O7PS. The number of rotatable bonds is 13. The van der Waals surface area contributed by atoms with Crippen LogP contribution >= 0.6 is 18.9 Å². The number of benzene rings is 2. The number of pyridine rings is 1. The van der Waals surface area contributed by atoms with Crippen molar-refractivity contribution in [1.82, 2.24) is 25.2 Å². The number of ether oxygens (including phenoxy) is 1. The zero-order chi connectivity index (χ0) is 40.3. The van der Waals surface area contributed by atoms with Gasteiger partial charge in [0.25, 0.3) is 5.91 Å². The van der Waals surface area contributed by atoms with E-state index in [9.17, 15) is 28.1 Å². The van der Waals surface area contributed by atoms with Crippen molar-refractivity contribution in [2.45, 2.75) is 95.5 Å². The first-order chi connectivity index (χ1) is 27.4. The zero-order valence-electron chi connectivity index (χ0n) is 32.4. The van der Waals surface area contributed by atoms with Crippen LogP contribution in [-0.4, -0.2) is 82.3 Å². The SMILES string of the molecule is CCCOC(=O)[C@H](C)NP(=O)(Cc1ccc2sc(C(=O)N[C@H]3CC[C@H](C)C[C@H]4CC[C@@H](C(=O)N5CC(c6cnccc6F)C5)N4C3=O)cc2c1)Oc1ccccc1. The largest absolute Gasteiger partial charge is 0.465 e. The van der Waals surface area contributed by atoms with Gasteiger partial charge in [-0.1, -0.05) is 38.1 Å². The summed E-state index contributed by atoms with van der Waals surface area (Å²) in [4.78, 5) is 62.5. The summed E-state index contributed by atoms with van der Waals surface area (Å²) >= 11 is 1.29. The lowest BCUT2D eigenvalue weighted by Crippen LogP contribution is -2.60. The molecule has 0 saturated carbocycles. The van der Waals surface area contributed by atoms with E-state index in [-0.39, 0.29) is 48.3 Å². The van der Waals surface area contributed by atoms with E-state index < -0.39 is 31.6 Å². The van der Waals surface area contributed by atoms with Gasteiger partial charge in [0.1, 0.15) is 29.7 Å². The van der Waals surface area contributed by atoms with E-state index in [4.69, 9.17) is 9.26 Å². The summed E-state index contributed by atoms with van der Waals surface area (Å²) in [6.07, 6.45) is 6.79. The Hall–Kier alpha value is -4.65. The van der Waals surface area contributed by atoms with Crippen LogP contribution in [0.4, 0.5) is 4.39 Å².